The second kappa shape index (κ2) is 3.93. The minimum Gasteiger partial charge on any atom is -0.406 e. The number of halogens is 4. The molecule has 0 spiro atoms. The molecule has 0 unspecified atom stereocenters. The summed E-state index contributed by atoms with van der Waals surface area (Å²) >= 11 is 0. The first kappa shape index (κ1) is 12.8. The van der Waals surface area contributed by atoms with Crippen molar-refractivity contribution in [2.75, 3.05) is 0 Å². The number of hydrogen-bond donors (Lipinski definition) is 1. The van der Waals surface area contributed by atoms with E-state index in [1.54, 1.807) is 0 Å². The third kappa shape index (κ3) is 3.37. The molecule has 0 heterocycles. The van der Waals surface area contributed by atoms with Gasteiger partial charge in [-0.2, -0.15) is 0 Å². The highest BCUT2D eigenvalue weighted by molar-refractivity contribution is 5.33. The molecule has 0 aromatic heterocycles. The number of aliphatic hydroxyl groups is 1. The van der Waals surface area contributed by atoms with Gasteiger partial charge in [0.1, 0.15) is 11.6 Å². The maximum Gasteiger partial charge on any atom is 0.573 e. The molecule has 1 aromatic rings. The van der Waals surface area contributed by atoms with Crippen LogP contribution in [-0.2, 0) is 5.60 Å². The van der Waals surface area contributed by atoms with Crippen molar-refractivity contribution in [3.8, 4) is 5.75 Å². The van der Waals surface area contributed by atoms with E-state index in [2.05, 4.69) is 4.74 Å². The minimum atomic E-state index is -4.84. The molecule has 6 heteroatoms. The average molecular weight is 238 g/mol. The summed E-state index contributed by atoms with van der Waals surface area (Å²) < 4.78 is 52.5. The lowest BCUT2D eigenvalue weighted by molar-refractivity contribution is -0.274. The van der Waals surface area contributed by atoms with Crippen molar-refractivity contribution in [1.82, 2.24) is 0 Å². The molecule has 0 saturated heterocycles. The highest BCUT2D eigenvalue weighted by Gasteiger charge is 2.32. The zero-order valence-corrected chi connectivity index (χ0v) is 8.60. The number of benzene rings is 1. The van der Waals surface area contributed by atoms with Crippen LogP contribution in [0.3, 0.4) is 0 Å². The monoisotopic (exact) mass is 238 g/mol. The van der Waals surface area contributed by atoms with E-state index in [4.69, 9.17) is 0 Å². The van der Waals surface area contributed by atoms with Crippen LogP contribution in [0.4, 0.5) is 17.6 Å². The summed E-state index contributed by atoms with van der Waals surface area (Å²) in [5.41, 5.74) is -1.83. The molecule has 0 amide bonds. The highest BCUT2D eigenvalue weighted by atomic mass is 19.4. The molecular weight excluding hydrogens is 228 g/mol. The molecule has 1 aromatic carbocycles. The molecule has 2 nitrogen and oxygen atoms in total. The Morgan fingerprint density at radius 2 is 1.75 bits per heavy atom. The molecule has 1 N–H and O–H groups in total. The number of ether oxygens (including phenoxy) is 1. The van der Waals surface area contributed by atoms with E-state index in [9.17, 15) is 22.7 Å². The molecule has 0 aliphatic rings. The molecule has 0 saturated carbocycles. The summed E-state index contributed by atoms with van der Waals surface area (Å²) in [6, 6.07) is 2.48. The largest absolute Gasteiger partial charge is 0.573 e. The van der Waals surface area contributed by atoms with Gasteiger partial charge in [-0.1, -0.05) is 0 Å². The molecule has 0 bridgehead atoms. The van der Waals surface area contributed by atoms with Gasteiger partial charge in [-0.25, -0.2) is 4.39 Å². The normalized spacial score (nSPS) is 12.7. The van der Waals surface area contributed by atoms with Crippen LogP contribution in [0.5, 0.6) is 5.75 Å². The Labute approximate surface area is 89.5 Å². The van der Waals surface area contributed by atoms with Gasteiger partial charge in [0.2, 0.25) is 0 Å². The first-order valence-corrected chi connectivity index (χ1v) is 4.38. The Kier molecular flexibility index (Phi) is 3.14. The van der Waals surface area contributed by atoms with Crippen molar-refractivity contribution in [2.24, 2.45) is 0 Å². The van der Waals surface area contributed by atoms with Crippen LogP contribution in [0.1, 0.15) is 19.4 Å². The summed E-state index contributed by atoms with van der Waals surface area (Å²) in [7, 11) is 0. The zero-order valence-electron chi connectivity index (χ0n) is 8.60. The van der Waals surface area contributed by atoms with Crippen molar-refractivity contribution in [1.29, 1.82) is 0 Å². The topological polar surface area (TPSA) is 29.5 Å². The summed E-state index contributed by atoms with van der Waals surface area (Å²) in [5, 5.41) is 9.52. The lowest BCUT2D eigenvalue weighted by Gasteiger charge is -2.19. The van der Waals surface area contributed by atoms with Gasteiger partial charge in [0.25, 0.3) is 0 Å². The van der Waals surface area contributed by atoms with Gasteiger partial charge < -0.3 is 9.84 Å². The Hall–Kier alpha value is -1.30. The summed E-state index contributed by atoms with van der Waals surface area (Å²) in [6.07, 6.45) is -4.84. The van der Waals surface area contributed by atoms with E-state index in [1.807, 2.05) is 0 Å². The van der Waals surface area contributed by atoms with Gasteiger partial charge in [-0.05, 0) is 32.0 Å². The van der Waals surface area contributed by atoms with E-state index in [0.717, 1.165) is 18.2 Å². The standard InChI is InChI=1S/C10H10F4O2/c1-9(2,15)7-5-6(3-4-8(7)11)16-10(12,13)14/h3-5,15H,1-2H3. The molecule has 0 radical (unpaired) electrons. The van der Waals surface area contributed by atoms with Gasteiger partial charge in [0, 0.05) is 5.56 Å². The molecule has 90 valence electrons. The maximum absolute atomic E-state index is 13.2. The third-order valence-corrected chi connectivity index (χ3v) is 1.83. The maximum atomic E-state index is 13.2. The van der Waals surface area contributed by atoms with Crippen molar-refractivity contribution < 1.29 is 27.4 Å². The van der Waals surface area contributed by atoms with E-state index < -0.39 is 23.5 Å². The Morgan fingerprint density at radius 3 is 2.19 bits per heavy atom. The molecule has 0 atom stereocenters. The quantitative estimate of drug-likeness (QED) is 0.802. The highest BCUT2D eigenvalue weighted by Crippen LogP contribution is 2.29. The van der Waals surface area contributed by atoms with Gasteiger partial charge >= 0.3 is 6.36 Å². The molecule has 0 aliphatic carbocycles. The van der Waals surface area contributed by atoms with Crippen LogP contribution in [0.15, 0.2) is 18.2 Å². The lowest BCUT2D eigenvalue weighted by atomic mass is 9.98. The van der Waals surface area contributed by atoms with Crippen LogP contribution < -0.4 is 4.74 Å². The molecule has 0 aliphatic heterocycles. The molecular formula is C10H10F4O2. The fourth-order valence-electron chi connectivity index (χ4n) is 1.17. The summed E-state index contributed by atoms with van der Waals surface area (Å²) in [5.74, 6) is -1.35. The summed E-state index contributed by atoms with van der Waals surface area (Å²) in [6.45, 7) is 2.53. The molecule has 16 heavy (non-hydrogen) atoms. The fraction of sp³-hybridized carbons (Fsp3) is 0.400. The average Bonchev–Trinajstić information content (AvgIpc) is 2.04. The third-order valence-electron chi connectivity index (χ3n) is 1.83. The predicted molar refractivity (Wildman–Crippen MR) is 48.3 cm³/mol. The fourth-order valence-corrected chi connectivity index (χ4v) is 1.17. The van der Waals surface area contributed by atoms with Crippen LogP contribution in [0, 0.1) is 5.82 Å². The molecule has 0 fully saturated rings. The van der Waals surface area contributed by atoms with Crippen LogP contribution in [-0.4, -0.2) is 11.5 Å². The Balaban J connectivity index is 3.09. The second-order valence-electron chi connectivity index (χ2n) is 3.75. The van der Waals surface area contributed by atoms with Crippen molar-refractivity contribution >= 4 is 0 Å². The zero-order chi connectivity index (χ0) is 12.6. The van der Waals surface area contributed by atoms with Crippen LogP contribution in [0.2, 0.25) is 0 Å². The van der Waals surface area contributed by atoms with E-state index >= 15 is 0 Å². The van der Waals surface area contributed by atoms with Crippen molar-refractivity contribution in [3.05, 3.63) is 29.6 Å². The van der Waals surface area contributed by atoms with Gasteiger partial charge in [0.05, 0.1) is 5.60 Å². The van der Waals surface area contributed by atoms with Gasteiger partial charge in [-0.15, -0.1) is 13.2 Å². The first-order valence-electron chi connectivity index (χ1n) is 4.38. The number of hydrogen-bond acceptors (Lipinski definition) is 2. The van der Waals surface area contributed by atoms with Crippen LogP contribution >= 0.6 is 0 Å². The van der Waals surface area contributed by atoms with Crippen LogP contribution in [0.25, 0.3) is 0 Å². The predicted octanol–water partition coefficient (Wildman–Crippen LogP) is 2.95. The SMILES string of the molecule is CC(C)(O)c1cc(OC(F)(F)F)ccc1F. The summed E-state index contributed by atoms with van der Waals surface area (Å²) in [4.78, 5) is 0. The number of rotatable bonds is 2. The van der Waals surface area contributed by atoms with Gasteiger partial charge in [-0.3, -0.25) is 0 Å². The second-order valence-corrected chi connectivity index (χ2v) is 3.75. The van der Waals surface area contributed by atoms with Crippen molar-refractivity contribution in [2.45, 2.75) is 25.8 Å². The van der Waals surface area contributed by atoms with Gasteiger partial charge in [0.15, 0.2) is 0 Å². The smallest absolute Gasteiger partial charge is 0.406 e. The van der Waals surface area contributed by atoms with Crippen molar-refractivity contribution in [3.63, 3.8) is 0 Å². The van der Waals surface area contributed by atoms with E-state index in [-0.39, 0.29) is 5.56 Å². The lowest BCUT2D eigenvalue weighted by Crippen LogP contribution is -2.20. The molecule has 1 rings (SSSR count). The Morgan fingerprint density at radius 1 is 1.19 bits per heavy atom. The Bertz CT molecular complexity index is 379. The first-order chi connectivity index (χ1) is 7.09. The number of alkyl halides is 3. The van der Waals surface area contributed by atoms with E-state index in [1.165, 1.54) is 13.8 Å². The van der Waals surface area contributed by atoms with E-state index in [0.29, 0.717) is 0 Å². The minimum absolute atomic E-state index is 0.255.